The lowest BCUT2D eigenvalue weighted by Crippen LogP contribution is -2.20. The van der Waals surface area contributed by atoms with Crippen molar-refractivity contribution in [1.82, 2.24) is 9.97 Å². The number of nitrogens with two attached hydrogens (primary N) is 1. The number of hydrogen-bond acceptors (Lipinski definition) is 5. The number of nitrogen functional groups attached to an aromatic ring is 1. The van der Waals surface area contributed by atoms with Crippen LogP contribution in [0.3, 0.4) is 0 Å². The van der Waals surface area contributed by atoms with Crippen molar-refractivity contribution in [2.75, 3.05) is 17.3 Å². The van der Waals surface area contributed by atoms with Gasteiger partial charge in [0.15, 0.2) is 0 Å². The first-order valence-electron chi connectivity index (χ1n) is 6.72. The summed E-state index contributed by atoms with van der Waals surface area (Å²) in [6.07, 6.45) is 1.08. The van der Waals surface area contributed by atoms with E-state index in [1.165, 1.54) is 0 Å². The summed E-state index contributed by atoms with van der Waals surface area (Å²) in [7, 11) is 0. The van der Waals surface area contributed by atoms with Gasteiger partial charge in [0.25, 0.3) is 0 Å². The van der Waals surface area contributed by atoms with Crippen LogP contribution in [-0.2, 0) is 5.41 Å². The van der Waals surface area contributed by atoms with E-state index in [0.717, 1.165) is 24.6 Å². The number of nitrogens with zero attached hydrogens (tertiary/aromatic N) is 2. The Morgan fingerprint density at radius 3 is 2.11 bits per heavy atom. The Morgan fingerprint density at radius 1 is 1.05 bits per heavy atom. The van der Waals surface area contributed by atoms with Crippen molar-refractivity contribution in [2.24, 2.45) is 11.3 Å². The van der Waals surface area contributed by atoms with E-state index in [-0.39, 0.29) is 5.41 Å². The molecule has 19 heavy (non-hydrogen) atoms. The van der Waals surface area contributed by atoms with Gasteiger partial charge in [-0.15, -0.1) is 0 Å². The molecule has 0 atom stereocenters. The molecule has 0 saturated heterocycles. The highest BCUT2D eigenvalue weighted by atomic mass is 15.3. The molecule has 0 unspecified atom stereocenters. The fourth-order valence-corrected chi connectivity index (χ4v) is 1.51. The Kier molecular flexibility index (Phi) is 4.74. The zero-order chi connectivity index (χ0) is 14.7. The van der Waals surface area contributed by atoms with Crippen LogP contribution < -0.4 is 16.6 Å². The molecule has 1 rings (SSSR count). The van der Waals surface area contributed by atoms with Crippen LogP contribution in [0.5, 0.6) is 0 Å². The van der Waals surface area contributed by atoms with Crippen molar-refractivity contribution in [3.63, 3.8) is 0 Å². The highest BCUT2D eigenvalue weighted by Gasteiger charge is 2.19. The normalized spacial score (nSPS) is 12.4. The molecule has 0 amide bonds. The third-order valence-electron chi connectivity index (χ3n) is 2.73. The number of anilines is 2. The molecular weight excluding hydrogens is 238 g/mol. The van der Waals surface area contributed by atoms with Gasteiger partial charge in [-0.3, -0.25) is 0 Å². The van der Waals surface area contributed by atoms with Crippen LogP contribution >= 0.6 is 0 Å². The first-order valence-corrected chi connectivity index (χ1v) is 6.72. The molecule has 0 fully saturated rings. The minimum Gasteiger partial charge on any atom is -0.370 e. The van der Waals surface area contributed by atoms with E-state index in [4.69, 9.17) is 5.84 Å². The average Bonchev–Trinajstić information content (AvgIpc) is 2.25. The predicted octanol–water partition coefficient (Wildman–Crippen LogP) is 2.91. The zero-order valence-corrected chi connectivity index (χ0v) is 13.0. The van der Waals surface area contributed by atoms with Crippen molar-refractivity contribution in [1.29, 1.82) is 0 Å². The molecule has 0 aliphatic rings. The Morgan fingerprint density at radius 2 is 1.63 bits per heavy atom. The highest BCUT2D eigenvalue weighted by molar-refractivity contribution is 5.47. The van der Waals surface area contributed by atoms with Gasteiger partial charge in [0.1, 0.15) is 17.5 Å². The van der Waals surface area contributed by atoms with Gasteiger partial charge in [0, 0.05) is 18.0 Å². The Hall–Kier alpha value is -1.36. The molecular formula is C14H27N5. The third kappa shape index (κ3) is 5.42. The monoisotopic (exact) mass is 265 g/mol. The fraction of sp³-hybridized carbons (Fsp3) is 0.714. The van der Waals surface area contributed by atoms with Crippen LogP contribution in [0, 0.1) is 5.41 Å². The van der Waals surface area contributed by atoms with Crippen LogP contribution in [0.1, 0.15) is 53.8 Å². The smallest absolute Gasteiger partial charge is 0.145 e. The number of aromatic nitrogens is 2. The minimum absolute atomic E-state index is 0.104. The molecule has 0 radical (unpaired) electrons. The SMILES string of the molecule is CC(C)(C)CCNc1cc(NN)nc(C(C)(C)C)n1. The molecule has 0 bridgehead atoms. The molecule has 4 N–H and O–H groups in total. The third-order valence-corrected chi connectivity index (χ3v) is 2.73. The molecule has 1 aromatic rings. The molecule has 0 aliphatic heterocycles. The lowest BCUT2D eigenvalue weighted by atomic mass is 9.92. The van der Waals surface area contributed by atoms with Gasteiger partial charge in [-0.25, -0.2) is 15.8 Å². The number of rotatable bonds is 4. The summed E-state index contributed by atoms with van der Waals surface area (Å²) in [6.45, 7) is 13.8. The molecule has 5 heteroatoms. The molecule has 0 saturated carbocycles. The first kappa shape index (κ1) is 15.7. The zero-order valence-electron chi connectivity index (χ0n) is 13.0. The second-order valence-electron chi connectivity index (χ2n) is 7.09. The summed E-state index contributed by atoms with van der Waals surface area (Å²) in [4.78, 5) is 8.95. The lowest BCUT2D eigenvalue weighted by Gasteiger charge is -2.20. The van der Waals surface area contributed by atoms with Crippen molar-refractivity contribution >= 4 is 11.6 Å². The van der Waals surface area contributed by atoms with Crippen LogP contribution in [0.25, 0.3) is 0 Å². The molecule has 1 aromatic heterocycles. The largest absolute Gasteiger partial charge is 0.370 e. The minimum atomic E-state index is -0.104. The molecule has 108 valence electrons. The number of nitrogens with one attached hydrogen (secondary N) is 2. The summed E-state index contributed by atoms with van der Waals surface area (Å²) >= 11 is 0. The quantitative estimate of drug-likeness (QED) is 0.576. The summed E-state index contributed by atoms with van der Waals surface area (Å²) in [5.41, 5.74) is 2.80. The van der Waals surface area contributed by atoms with Crippen molar-refractivity contribution in [3.8, 4) is 0 Å². The van der Waals surface area contributed by atoms with Gasteiger partial charge in [-0.1, -0.05) is 41.5 Å². The van der Waals surface area contributed by atoms with Crippen LogP contribution in [0.2, 0.25) is 0 Å². The van der Waals surface area contributed by atoms with E-state index in [9.17, 15) is 0 Å². The van der Waals surface area contributed by atoms with Crippen molar-refractivity contribution in [3.05, 3.63) is 11.9 Å². The fourth-order valence-electron chi connectivity index (χ4n) is 1.51. The molecule has 5 nitrogen and oxygen atoms in total. The van der Waals surface area contributed by atoms with E-state index in [2.05, 4.69) is 62.3 Å². The van der Waals surface area contributed by atoms with Crippen LogP contribution in [0.15, 0.2) is 6.07 Å². The molecule has 0 aromatic carbocycles. The van der Waals surface area contributed by atoms with Gasteiger partial charge >= 0.3 is 0 Å². The average molecular weight is 265 g/mol. The first-order chi connectivity index (χ1) is 8.62. The Bertz CT molecular complexity index is 415. The topological polar surface area (TPSA) is 75.9 Å². The Balaban J connectivity index is 2.83. The van der Waals surface area contributed by atoms with E-state index in [1.807, 2.05) is 6.07 Å². The van der Waals surface area contributed by atoms with Gasteiger partial charge in [-0.05, 0) is 11.8 Å². The summed E-state index contributed by atoms with van der Waals surface area (Å²) in [5.74, 6) is 7.69. The van der Waals surface area contributed by atoms with E-state index >= 15 is 0 Å². The summed E-state index contributed by atoms with van der Waals surface area (Å²) in [5, 5.41) is 3.34. The van der Waals surface area contributed by atoms with Gasteiger partial charge in [0.2, 0.25) is 0 Å². The highest BCUT2D eigenvalue weighted by Crippen LogP contribution is 2.23. The second-order valence-corrected chi connectivity index (χ2v) is 7.09. The van der Waals surface area contributed by atoms with Crippen molar-refractivity contribution in [2.45, 2.75) is 53.4 Å². The maximum Gasteiger partial charge on any atom is 0.145 e. The second kappa shape index (κ2) is 5.74. The Labute approximate surface area is 116 Å². The van der Waals surface area contributed by atoms with Crippen LogP contribution in [0.4, 0.5) is 11.6 Å². The van der Waals surface area contributed by atoms with Crippen molar-refractivity contribution < 1.29 is 0 Å². The maximum absolute atomic E-state index is 5.46. The maximum atomic E-state index is 5.46. The lowest BCUT2D eigenvalue weighted by molar-refractivity contribution is 0.389. The molecule has 0 aliphatic carbocycles. The predicted molar refractivity (Wildman–Crippen MR) is 81.1 cm³/mol. The van der Waals surface area contributed by atoms with Gasteiger partial charge in [0.05, 0.1) is 0 Å². The molecule has 0 spiro atoms. The van der Waals surface area contributed by atoms with E-state index in [1.54, 1.807) is 0 Å². The summed E-state index contributed by atoms with van der Waals surface area (Å²) < 4.78 is 0. The number of hydrogen-bond donors (Lipinski definition) is 3. The van der Waals surface area contributed by atoms with Crippen LogP contribution in [-0.4, -0.2) is 16.5 Å². The standard InChI is InChI=1S/C14H27N5/c1-13(2,3)7-8-16-10-9-11(19-15)18-12(17-10)14(4,5)6/h9H,7-8,15H2,1-6H3,(H2,16,17,18,19). The van der Waals surface area contributed by atoms with Gasteiger partial charge in [-0.2, -0.15) is 0 Å². The molecule has 1 heterocycles. The van der Waals surface area contributed by atoms with E-state index in [0.29, 0.717) is 11.2 Å². The number of hydrazine groups is 1. The summed E-state index contributed by atoms with van der Waals surface area (Å²) in [6, 6.07) is 1.83. The van der Waals surface area contributed by atoms with Gasteiger partial charge < -0.3 is 10.7 Å². The van der Waals surface area contributed by atoms with E-state index < -0.39 is 0 Å².